The van der Waals surface area contributed by atoms with Crippen LogP contribution in [0.1, 0.15) is 26.7 Å². The highest BCUT2D eigenvalue weighted by Crippen LogP contribution is 2.08. The van der Waals surface area contributed by atoms with Gasteiger partial charge in [-0.1, -0.05) is 13.8 Å². The minimum atomic E-state index is -0.993. The van der Waals surface area contributed by atoms with Crippen LogP contribution in [0, 0.1) is 0 Å². The third-order valence-corrected chi connectivity index (χ3v) is 3.42. The maximum Gasteiger partial charge on any atom is 0.326 e. The lowest BCUT2D eigenvalue weighted by atomic mass is 10.2. The van der Waals surface area contributed by atoms with Crippen LogP contribution < -0.4 is 5.32 Å². The lowest BCUT2D eigenvalue weighted by Gasteiger charge is -2.28. The number of rotatable bonds is 7. The van der Waals surface area contributed by atoms with E-state index in [9.17, 15) is 9.59 Å². The first-order valence-electron chi connectivity index (χ1n) is 5.72. The van der Waals surface area contributed by atoms with Crippen molar-refractivity contribution in [3.8, 4) is 0 Å². The number of nitrogens with zero attached hydrogens (tertiary/aromatic N) is 1. The maximum atomic E-state index is 11.8. The van der Waals surface area contributed by atoms with Crippen LogP contribution in [0.5, 0.6) is 0 Å². The first kappa shape index (κ1) is 16.1. The van der Waals surface area contributed by atoms with E-state index in [-0.39, 0.29) is 12.1 Å². The number of urea groups is 1. The normalized spacial score (nSPS) is 13.9. The second-order valence-electron chi connectivity index (χ2n) is 3.88. The summed E-state index contributed by atoms with van der Waals surface area (Å²) in [6, 6.07) is -0.992. The van der Waals surface area contributed by atoms with Gasteiger partial charge in [0.15, 0.2) is 0 Å². The van der Waals surface area contributed by atoms with Crippen LogP contribution in [0.2, 0.25) is 0 Å². The van der Waals surface area contributed by atoms with Crippen molar-refractivity contribution in [3.63, 3.8) is 0 Å². The number of hydrogen-bond acceptors (Lipinski definition) is 3. The monoisotopic (exact) mass is 262 g/mol. The van der Waals surface area contributed by atoms with Crippen molar-refractivity contribution >= 4 is 23.8 Å². The summed E-state index contributed by atoms with van der Waals surface area (Å²) in [6.45, 7) is 3.75. The number of nitrogens with one attached hydrogen (secondary N) is 1. The van der Waals surface area contributed by atoms with Crippen LogP contribution in [-0.2, 0) is 4.79 Å². The van der Waals surface area contributed by atoms with E-state index in [0.717, 1.165) is 12.2 Å². The molecule has 0 radical (unpaired) electrons. The van der Waals surface area contributed by atoms with E-state index >= 15 is 0 Å². The van der Waals surface area contributed by atoms with Gasteiger partial charge in [0.25, 0.3) is 0 Å². The molecule has 0 aromatic carbocycles. The van der Waals surface area contributed by atoms with Crippen molar-refractivity contribution in [3.05, 3.63) is 0 Å². The highest BCUT2D eigenvalue weighted by Gasteiger charge is 2.23. The van der Waals surface area contributed by atoms with Gasteiger partial charge in [0.2, 0.25) is 0 Å². The molecule has 0 aliphatic rings. The zero-order valence-electron chi connectivity index (χ0n) is 10.9. The molecule has 0 fully saturated rings. The first-order chi connectivity index (χ1) is 7.97. The van der Waals surface area contributed by atoms with Gasteiger partial charge in [-0.25, -0.2) is 9.59 Å². The van der Waals surface area contributed by atoms with Crippen molar-refractivity contribution in [2.24, 2.45) is 0 Å². The summed E-state index contributed by atoms with van der Waals surface area (Å²) in [7, 11) is 1.70. The number of carboxylic acids is 1. The van der Waals surface area contributed by atoms with Crippen LogP contribution in [0.25, 0.3) is 0 Å². The SMILES string of the molecule is CCC(CSC)N(C)C(=O)N[C@@H](CC)C(=O)O. The molecule has 2 N–H and O–H groups in total. The molecule has 0 rings (SSSR count). The summed E-state index contributed by atoms with van der Waals surface area (Å²) in [5.41, 5.74) is 0. The Morgan fingerprint density at radius 3 is 2.29 bits per heavy atom. The van der Waals surface area contributed by atoms with E-state index in [0.29, 0.717) is 6.42 Å². The predicted octanol–water partition coefficient (Wildman–Crippen LogP) is 1.63. The number of amides is 2. The molecule has 6 heteroatoms. The second kappa shape index (κ2) is 8.22. The van der Waals surface area contributed by atoms with Gasteiger partial charge in [0.1, 0.15) is 6.04 Å². The Labute approximate surface area is 107 Å². The number of carbonyl (C=O) groups is 2. The molecule has 5 nitrogen and oxygen atoms in total. The van der Waals surface area contributed by atoms with Gasteiger partial charge in [-0.15, -0.1) is 0 Å². The van der Waals surface area contributed by atoms with Gasteiger partial charge < -0.3 is 15.3 Å². The molecule has 2 atom stereocenters. The minimum Gasteiger partial charge on any atom is -0.480 e. The molecule has 0 heterocycles. The van der Waals surface area contributed by atoms with E-state index < -0.39 is 12.0 Å². The Hall–Kier alpha value is -0.910. The van der Waals surface area contributed by atoms with Gasteiger partial charge in [-0.3, -0.25) is 0 Å². The van der Waals surface area contributed by atoms with Crippen LogP contribution in [0.15, 0.2) is 0 Å². The van der Waals surface area contributed by atoms with Crippen molar-refractivity contribution in [1.29, 1.82) is 0 Å². The highest BCUT2D eigenvalue weighted by molar-refractivity contribution is 7.98. The molecule has 17 heavy (non-hydrogen) atoms. The van der Waals surface area contributed by atoms with E-state index in [1.165, 1.54) is 0 Å². The summed E-state index contributed by atoms with van der Waals surface area (Å²) in [4.78, 5) is 24.2. The van der Waals surface area contributed by atoms with Gasteiger partial charge in [0, 0.05) is 18.8 Å². The van der Waals surface area contributed by atoms with Crippen molar-refractivity contribution in [2.45, 2.75) is 38.8 Å². The fourth-order valence-corrected chi connectivity index (χ4v) is 2.30. The average Bonchev–Trinajstić information content (AvgIpc) is 2.31. The lowest BCUT2D eigenvalue weighted by molar-refractivity contribution is -0.139. The summed E-state index contributed by atoms with van der Waals surface area (Å²) in [6.07, 6.45) is 3.23. The third kappa shape index (κ3) is 5.30. The zero-order chi connectivity index (χ0) is 13.4. The fourth-order valence-electron chi connectivity index (χ4n) is 1.45. The number of carbonyl (C=O) groups excluding carboxylic acids is 1. The van der Waals surface area contributed by atoms with Gasteiger partial charge in [-0.05, 0) is 19.1 Å². The Bertz CT molecular complexity index is 261. The Balaban J connectivity index is 4.42. The highest BCUT2D eigenvalue weighted by atomic mass is 32.2. The Morgan fingerprint density at radius 2 is 1.94 bits per heavy atom. The zero-order valence-corrected chi connectivity index (χ0v) is 11.7. The Morgan fingerprint density at radius 1 is 1.35 bits per heavy atom. The maximum absolute atomic E-state index is 11.8. The van der Waals surface area contributed by atoms with Crippen LogP contribution in [0.3, 0.4) is 0 Å². The molecule has 1 unspecified atom stereocenters. The van der Waals surface area contributed by atoms with Gasteiger partial charge in [-0.2, -0.15) is 11.8 Å². The van der Waals surface area contributed by atoms with E-state index in [1.54, 1.807) is 30.6 Å². The van der Waals surface area contributed by atoms with Gasteiger partial charge in [0.05, 0.1) is 0 Å². The molecule has 0 saturated heterocycles. The first-order valence-corrected chi connectivity index (χ1v) is 7.12. The fraction of sp³-hybridized carbons (Fsp3) is 0.818. The molecule has 2 amide bonds. The van der Waals surface area contributed by atoms with E-state index in [4.69, 9.17) is 5.11 Å². The van der Waals surface area contributed by atoms with Crippen LogP contribution >= 0.6 is 11.8 Å². The standard InChI is InChI=1S/C11H22N2O3S/c1-5-8(7-17-4)13(3)11(16)12-9(6-2)10(14)15/h8-9H,5-7H2,1-4H3,(H,12,16)(H,14,15)/t8?,9-/m0/s1. The van der Waals surface area contributed by atoms with Crippen molar-refractivity contribution in [1.82, 2.24) is 10.2 Å². The van der Waals surface area contributed by atoms with Crippen molar-refractivity contribution < 1.29 is 14.7 Å². The Kier molecular flexibility index (Phi) is 7.78. The largest absolute Gasteiger partial charge is 0.480 e. The summed E-state index contributed by atoms with van der Waals surface area (Å²) < 4.78 is 0. The third-order valence-electron chi connectivity index (χ3n) is 2.70. The molecule has 100 valence electrons. The second-order valence-corrected chi connectivity index (χ2v) is 4.79. The van der Waals surface area contributed by atoms with Crippen LogP contribution in [0.4, 0.5) is 4.79 Å². The quantitative estimate of drug-likeness (QED) is 0.731. The smallest absolute Gasteiger partial charge is 0.326 e. The summed E-state index contributed by atoms with van der Waals surface area (Å²) in [5.74, 6) is -0.142. The molecule has 0 aromatic rings. The predicted molar refractivity (Wildman–Crippen MR) is 70.5 cm³/mol. The molecule has 0 saturated carbocycles. The number of hydrogen-bond donors (Lipinski definition) is 2. The van der Waals surface area contributed by atoms with E-state index in [1.807, 2.05) is 13.2 Å². The summed E-state index contributed by atoms with van der Waals surface area (Å²) in [5, 5.41) is 11.4. The molecule has 0 spiro atoms. The van der Waals surface area contributed by atoms with E-state index in [2.05, 4.69) is 5.32 Å². The summed E-state index contributed by atoms with van der Waals surface area (Å²) >= 11 is 1.67. The van der Waals surface area contributed by atoms with Crippen molar-refractivity contribution in [2.75, 3.05) is 19.1 Å². The molecule has 0 bridgehead atoms. The topological polar surface area (TPSA) is 69.6 Å². The molecular weight excluding hydrogens is 240 g/mol. The molecule has 0 aromatic heterocycles. The number of thioether (sulfide) groups is 1. The lowest BCUT2D eigenvalue weighted by Crippen LogP contribution is -2.50. The van der Waals surface area contributed by atoms with Crippen LogP contribution in [-0.4, -0.2) is 53.1 Å². The number of aliphatic carboxylic acids is 1. The molecular formula is C11H22N2O3S. The minimum absolute atomic E-state index is 0.135. The van der Waals surface area contributed by atoms with Gasteiger partial charge >= 0.3 is 12.0 Å². The number of carboxylic acid groups (broad SMARTS) is 1. The molecule has 0 aliphatic carbocycles. The average molecular weight is 262 g/mol. The molecule has 0 aliphatic heterocycles.